The minimum absolute atomic E-state index is 0.293. The van der Waals surface area contributed by atoms with Gasteiger partial charge in [-0.2, -0.15) is 0 Å². The molecule has 0 fully saturated rings. The highest BCUT2D eigenvalue weighted by Crippen LogP contribution is 2.14. The van der Waals surface area contributed by atoms with Crippen molar-refractivity contribution in [2.24, 2.45) is 0 Å². The molecule has 0 radical (unpaired) electrons. The molecular weight excluding hydrogens is 220 g/mol. The fourth-order valence-electron chi connectivity index (χ4n) is 1.48. The molecule has 1 aromatic rings. The maximum Gasteiger partial charge on any atom is 0.323 e. The number of amides is 1. The Bertz CT molecular complexity index is 443. The minimum atomic E-state index is -1.02. The number of hydrogen-bond donors (Lipinski definition) is 2. The molecule has 0 heterocycles. The summed E-state index contributed by atoms with van der Waals surface area (Å²) in [6, 6.07) is 4.93. The number of aryl methyl sites for hydroxylation is 1. The highest BCUT2D eigenvalue weighted by atomic mass is 16.4. The van der Waals surface area contributed by atoms with Gasteiger partial charge in [0.1, 0.15) is 6.54 Å². The number of nitrogen functional groups attached to an aromatic ring is 1. The van der Waals surface area contributed by atoms with Crippen LogP contribution < -0.4 is 5.73 Å². The molecule has 0 spiro atoms. The van der Waals surface area contributed by atoms with E-state index in [1.165, 1.54) is 4.90 Å². The molecule has 5 heteroatoms. The smallest absolute Gasteiger partial charge is 0.323 e. The number of nitrogens with zero attached hydrogens (tertiary/aromatic N) is 1. The molecule has 0 saturated carbocycles. The second kappa shape index (κ2) is 5.34. The first kappa shape index (κ1) is 13.0. The van der Waals surface area contributed by atoms with Gasteiger partial charge in [0, 0.05) is 17.8 Å². The van der Waals surface area contributed by atoms with E-state index in [1.54, 1.807) is 32.0 Å². The monoisotopic (exact) mass is 236 g/mol. The number of carbonyl (C=O) groups is 2. The van der Waals surface area contributed by atoms with Gasteiger partial charge in [0.25, 0.3) is 5.91 Å². The molecule has 0 bridgehead atoms. The van der Waals surface area contributed by atoms with Crippen LogP contribution in [0.1, 0.15) is 22.8 Å². The maximum absolute atomic E-state index is 12.0. The lowest BCUT2D eigenvalue weighted by Gasteiger charge is -2.18. The molecule has 1 rings (SSSR count). The van der Waals surface area contributed by atoms with Gasteiger partial charge in [-0.05, 0) is 37.6 Å². The fraction of sp³-hybridized carbons (Fsp3) is 0.333. The first-order valence-electron chi connectivity index (χ1n) is 5.33. The summed E-state index contributed by atoms with van der Waals surface area (Å²) >= 11 is 0. The molecule has 0 atom stereocenters. The Morgan fingerprint density at radius 1 is 1.41 bits per heavy atom. The number of carbonyl (C=O) groups excluding carboxylic acids is 1. The van der Waals surface area contributed by atoms with E-state index in [0.29, 0.717) is 17.8 Å². The number of rotatable bonds is 4. The van der Waals surface area contributed by atoms with Crippen LogP contribution in [-0.4, -0.2) is 35.0 Å². The molecule has 1 amide bonds. The Morgan fingerprint density at radius 2 is 2.06 bits per heavy atom. The van der Waals surface area contributed by atoms with E-state index in [4.69, 9.17) is 10.8 Å². The summed E-state index contributed by atoms with van der Waals surface area (Å²) in [4.78, 5) is 23.9. The van der Waals surface area contributed by atoms with Crippen molar-refractivity contribution in [2.45, 2.75) is 13.8 Å². The lowest BCUT2D eigenvalue weighted by molar-refractivity contribution is -0.137. The first-order valence-corrected chi connectivity index (χ1v) is 5.33. The standard InChI is InChI=1S/C12H16N2O3/c1-3-14(7-11(15)16)12(17)9-4-5-10(13)8(2)6-9/h4-6H,3,7,13H2,1-2H3,(H,15,16). The highest BCUT2D eigenvalue weighted by Gasteiger charge is 2.17. The van der Waals surface area contributed by atoms with E-state index < -0.39 is 5.97 Å². The Kier molecular flexibility index (Phi) is 4.09. The maximum atomic E-state index is 12.0. The van der Waals surface area contributed by atoms with Gasteiger partial charge in [0.05, 0.1) is 0 Å². The molecule has 5 nitrogen and oxygen atoms in total. The van der Waals surface area contributed by atoms with E-state index in [2.05, 4.69) is 0 Å². The third-order valence-corrected chi connectivity index (χ3v) is 2.51. The lowest BCUT2D eigenvalue weighted by Crippen LogP contribution is -2.35. The van der Waals surface area contributed by atoms with Crippen molar-refractivity contribution in [2.75, 3.05) is 18.8 Å². The van der Waals surface area contributed by atoms with Crippen molar-refractivity contribution in [1.29, 1.82) is 0 Å². The van der Waals surface area contributed by atoms with Crippen LogP contribution >= 0.6 is 0 Å². The van der Waals surface area contributed by atoms with Gasteiger partial charge >= 0.3 is 5.97 Å². The van der Waals surface area contributed by atoms with Crippen LogP contribution in [0.2, 0.25) is 0 Å². The van der Waals surface area contributed by atoms with Gasteiger partial charge in [-0.25, -0.2) is 0 Å². The zero-order valence-electron chi connectivity index (χ0n) is 9.93. The summed E-state index contributed by atoms with van der Waals surface area (Å²) < 4.78 is 0. The predicted octanol–water partition coefficient (Wildman–Crippen LogP) is 1.12. The van der Waals surface area contributed by atoms with Crippen LogP contribution in [0.5, 0.6) is 0 Å². The van der Waals surface area contributed by atoms with Crippen molar-refractivity contribution >= 4 is 17.6 Å². The molecule has 0 unspecified atom stereocenters. The molecule has 0 aliphatic heterocycles. The fourth-order valence-corrected chi connectivity index (χ4v) is 1.48. The highest BCUT2D eigenvalue weighted by molar-refractivity contribution is 5.96. The van der Waals surface area contributed by atoms with Crippen LogP contribution in [0.3, 0.4) is 0 Å². The Morgan fingerprint density at radius 3 is 2.53 bits per heavy atom. The summed E-state index contributed by atoms with van der Waals surface area (Å²) in [5, 5.41) is 8.70. The average Bonchev–Trinajstić information content (AvgIpc) is 2.28. The molecule has 0 aromatic heterocycles. The number of benzene rings is 1. The SMILES string of the molecule is CCN(CC(=O)O)C(=O)c1ccc(N)c(C)c1. The van der Waals surface area contributed by atoms with Gasteiger partial charge in [-0.1, -0.05) is 0 Å². The summed E-state index contributed by atoms with van der Waals surface area (Å²) in [5.41, 5.74) is 7.54. The van der Waals surface area contributed by atoms with E-state index in [9.17, 15) is 9.59 Å². The lowest BCUT2D eigenvalue weighted by atomic mass is 10.1. The second-order valence-electron chi connectivity index (χ2n) is 3.78. The van der Waals surface area contributed by atoms with Crippen molar-refractivity contribution in [3.63, 3.8) is 0 Å². The molecule has 0 aliphatic carbocycles. The summed E-state index contributed by atoms with van der Waals surface area (Å²) in [5.74, 6) is -1.31. The van der Waals surface area contributed by atoms with E-state index in [1.807, 2.05) is 0 Å². The van der Waals surface area contributed by atoms with Crippen molar-refractivity contribution in [3.05, 3.63) is 29.3 Å². The van der Waals surface area contributed by atoms with Gasteiger partial charge in [0.2, 0.25) is 0 Å². The molecule has 3 N–H and O–H groups in total. The number of aliphatic carboxylic acids is 1. The van der Waals surface area contributed by atoms with Crippen molar-refractivity contribution < 1.29 is 14.7 Å². The minimum Gasteiger partial charge on any atom is -0.480 e. The molecular formula is C12H16N2O3. The van der Waals surface area contributed by atoms with Crippen LogP contribution in [0.25, 0.3) is 0 Å². The Hall–Kier alpha value is -2.04. The van der Waals surface area contributed by atoms with Crippen molar-refractivity contribution in [3.8, 4) is 0 Å². The Labute approximate surface area is 99.8 Å². The number of hydrogen-bond acceptors (Lipinski definition) is 3. The number of carboxylic acid groups (broad SMARTS) is 1. The summed E-state index contributed by atoms with van der Waals surface area (Å²) in [6.07, 6.45) is 0. The second-order valence-corrected chi connectivity index (χ2v) is 3.78. The van der Waals surface area contributed by atoms with Crippen LogP contribution in [0, 0.1) is 6.92 Å². The van der Waals surface area contributed by atoms with E-state index in [-0.39, 0.29) is 12.5 Å². The van der Waals surface area contributed by atoms with Gasteiger partial charge in [-0.3, -0.25) is 9.59 Å². The van der Waals surface area contributed by atoms with E-state index in [0.717, 1.165) is 5.56 Å². The third kappa shape index (κ3) is 3.21. The van der Waals surface area contributed by atoms with E-state index >= 15 is 0 Å². The summed E-state index contributed by atoms with van der Waals surface area (Å²) in [6.45, 7) is 3.61. The molecule has 0 saturated heterocycles. The zero-order valence-corrected chi connectivity index (χ0v) is 9.93. The molecule has 0 aliphatic rings. The predicted molar refractivity (Wildman–Crippen MR) is 64.8 cm³/mol. The zero-order chi connectivity index (χ0) is 13.0. The Balaban J connectivity index is 2.93. The molecule has 1 aromatic carbocycles. The molecule has 17 heavy (non-hydrogen) atoms. The van der Waals surface area contributed by atoms with Gasteiger partial charge in [0.15, 0.2) is 0 Å². The van der Waals surface area contributed by atoms with Gasteiger partial charge < -0.3 is 15.7 Å². The van der Waals surface area contributed by atoms with Crippen LogP contribution in [0.4, 0.5) is 5.69 Å². The third-order valence-electron chi connectivity index (χ3n) is 2.51. The van der Waals surface area contributed by atoms with Crippen molar-refractivity contribution in [1.82, 2.24) is 4.90 Å². The number of likely N-dealkylation sites (N-methyl/N-ethyl adjacent to an activating group) is 1. The van der Waals surface area contributed by atoms with Crippen LogP contribution in [0.15, 0.2) is 18.2 Å². The largest absolute Gasteiger partial charge is 0.480 e. The van der Waals surface area contributed by atoms with Gasteiger partial charge in [-0.15, -0.1) is 0 Å². The van der Waals surface area contributed by atoms with Crippen LogP contribution in [-0.2, 0) is 4.79 Å². The number of anilines is 1. The number of nitrogens with two attached hydrogens (primary N) is 1. The number of carboxylic acids is 1. The quantitative estimate of drug-likeness (QED) is 0.767. The topological polar surface area (TPSA) is 83.6 Å². The molecule has 92 valence electrons. The first-order chi connectivity index (χ1) is 7.95. The average molecular weight is 236 g/mol. The summed E-state index contributed by atoms with van der Waals surface area (Å²) in [7, 11) is 0. The normalized spacial score (nSPS) is 10.0.